The fraction of sp³-hybridized carbons (Fsp3) is 0.100. The molecule has 1 nitrogen and oxygen atoms in total. The van der Waals surface area contributed by atoms with Gasteiger partial charge in [-0.05, 0) is 29.7 Å². The van der Waals surface area contributed by atoms with Crippen LogP contribution in [0, 0.1) is 6.92 Å². The lowest BCUT2D eigenvalue weighted by Crippen LogP contribution is -2.06. The van der Waals surface area contributed by atoms with Gasteiger partial charge in [-0.1, -0.05) is 66.2 Å². The first-order valence-electron chi connectivity index (χ1n) is 7.34. The van der Waals surface area contributed by atoms with E-state index in [9.17, 15) is 0 Å². The number of fused-ring (bicyclic) bond motifs is 3. The van der Waals surface area contributed by atoms with Gasteiger partial charge in [-0.3, -0.25) is 0 Å². The minimum Gasteiger partial charge on any atom is -0.488 e. The summed E-state index contributed by atoms with van der Waals surface area (Å²) in [6.45, 7) is 2.64. The maximum atomic E-state index is 6.77. The molecule has 3 aromatic rings. The highest BCUT2D eigenvalue weighted by atomic mass is 35.5. The molecule has 0 radical (unpaired) electrons. The molecule has 2 heteroatoms. The van der Waals surface area contributed by atoms with Gasteiger partial charge in [0.05, 0.1) is 5.02 Å². The summed E-state index contributed by atoms with van der Waals surface area (Å²) in [4.78, 5) is 0. The van der Waals surface area contributed by atoms with E-state index in [0.29, 0.717) is 6.61 Å². The molecular formula is C20H15ClO. The van der Waals surface area contributed by atoms with Crippen LogP contribution >= 0.6 is 11.6 Å². The zero-order valence-corrected chi connectivity index (χ0v) is 13.0. The zero-order valence-electron chi connectivity index (χ0n) is 12.3. The first-order valence-corrected chi connectivity index (χ1v) is 7.72. The van der Waals surface area contributed by atoms with Crippen LogP contribution in [-0.2, 0) is 6.61 Å². The van der Waals surface area contributed by atoms with Gasteiger partial charge in [-0.2, -0.15) is 0 Å². The third-order valence-electron chi connectivity index (χ3n) is 4.10. The Labute approximate surface area is 135 Å². The summed E-state index contributed by atoms with van der Waals surface area (Å²) in [5.74, 6) is 0.916. The van der Waals surface area contributed by atoms with Gasteiger partial charge in [0.2, 0.25) is 0 Å². The summed E-state index contributed by atoms with van der Waals surface area (Å²) in [6.07, 6.45) is 0. The number of hydrogen-bond acceptors (Lipinski definition) is 1. The Morgan fingerprint density at radius 2 is 1.68 bits per heavy atom. The minimum atomic E-state index is 0.570. The number of halogens is 1. The molecule has 0 unspecified atom stereocenters. The van der Waals surface area contributed by atoms with Crippen LogP contribution in [0.2, 0.25) is 5.02 Å². The van der Waals surface area contributed by atoms with Gasteiger partial charge in [-0.25, -0.2) is 0 Å². The van der Waals surface area contributed by atoms with Crippen molar-refractivity contribution in [3.05, 3.63) is 76.8 Å². The molecule has 0 spiro atoms. The number of aryl methyl sites for hydroxylation is 1. The van der Waals surface area contributed by atoms with Crippen LogP contribution in [0.15, 0.2) is 60.7 Å². The maximum absolute atomic E-state index is 6.77. The molecule has 1 heterocycles. The number of ether oxygens (including phenoxy) is 1. The molecule has 0 aromatic heterocycles. The van der Waals surface area contributed by atoms with E-state index in [2.05, 4.69) is 49.4 Å². The van der Waals surface area contributed by atoms with E-state index in [0.717, 1.165) is 38.6 Å². The Morgan fingerprint density at radius 3 is 2.50 bits per heavy atom. The SMILES string of the molecule is Cc1ccc2c(c1)OCc1ccc(-c3ccccc3)c(Cl)c1-2. The number of benzene rings is 3. The second kappa shape index (κ2) is 5.19. The minimum absolute atomic E-state index is 0.570. The van der Waals surface area contributed by atoms with Crippen molar-refractivity contribution >= 4 is 11.6 Å². The number of hydrogen-bond donors (Lipinski definition) is 0. The molecule has 0 fully saturated rings. The van der Waals surface area contributed by atoms with Crippen molar-refractivity contribution in [2.45, 2.75) is 13.5 Å². The van der Waals surface area contributed by atoms with E-state index in [1.165, 1.54) is 5.56 Å². The summed E-state index contributed by atoms with van der Waals surface area (Å²) in [5, 5.41) is 0.803. The van der Waals surface area contributed by atoms with Gasteiger partial charge in [-0.15, -0.1) is 0 Å². The molecule has 4 rings (SSSR count). The second-order valence-corrected chi connectivity index (χ2v) is 5.99. The average Bonchev–Trinajstić information content (AvgIpc) is 2.55. The smallest absolute Gasteiger partial charge is 0.127 e. The van der Waals surface area contributed by atoms with Crippen molar-refractivity contribution in [1.29, 1.82) is 0 Å². The van der Waals surface area contributed by atoms with Crippen molar-refractivity contribution in [2.75, 3.05) is 0 Å². The quantitative estimate of drug-likeness (QED) is 0.546. The van der Waals surface area contributed by atoms with Gasteiger partial charge >= 0.3 is 0 Å². The van der Waals surface area contributed by atoms with Crippen LogP contribution in [0.3, 0.4) is 0 Å². The predicted octanol–water partition coefficient (Wildman–Crippen LogP) is 5.87. The van der Waals surface area contributed by atoms with Crippen molar-refractivity contribution in [1.82, 2.24) is 0 Å². The van der Waals surface area contributed by atoms with Gasteiger partial charge < -0.3 is 4.74 Å². The van der Waals surface area contributed by atoms with E-state index in [1.54, 1.807) is 0 Å². The maximum Gasteiger partial charge on any atom is 0.127 e. The van der Waals surface area contributed by atoms with Crippen LogP contribution in [0.5, 0.6) is 5.75 Å². The van der Waals surface area contributed by atoms with Gasteiger partial charge in [0, 0.05) is 16.7 Å². The summed E-state index contributed by atoms with van der Waals surface area (Å²) < 4.78 is 5.87. The van der Waals surface area contributed by atoms with Crippen molar-refractivity contribution < 1.29 is 4.74 Å². The molecule has 0 aliphatic carbocycles. The van der Waals surface area contributed by atoms with Gasteiger partial charge in [0.1, 0.15) is 12.4 Å². The monoisotopic (exact) mass is 306 g/mol. The molecule has 0 saturated heterocycles. The standard InChI is InChI=1S/C20H15ClO/c1-13-7-9-17-18(11-13)22-12-15-8-10-16(20(21)19(15)17)14-5-3-2-4-6-14/h2-11H,12H2,1H3. The topological polar surface area (TPSA) is 9.23 Å². The molecule has 0 N–H and O–H groups in total. The molecule has 1 aliphatic heterocycles. The van der Waals surface area contributed by atoms with Crippen molar-refractivity contribution in [3.8, 4) is 28.0 Å². The van der Waals surface area contributed by atoms with E-state index >= 15 is 0 Å². The number of rotatable bonds is 1. The summed E-state index contributed by atoms with van der Waals surface area (Å²) in [5.41, 5.74) is 6.71. The highest BCUT2D eigenvalue weighted by Gasteiger charge is 2.22. The normalized spacial score (nSPS) is 12.3. The fourth-order valence-electron chi connectivity index (χ4n) is 2.98. The second-order valence-electron chi connectivity index (χ2n) is 5.62. The average molecular weight is 307 g/mol. The largest absolute Gasteiger partial charge is 0.488 e. The Hall–Kier alpha value is -2.25. The highest BCUT2D eigenvalue weighted by Crippen LogP contribution is 2.45. The van der Waals surface area contributed by atoms with Gasteiger partial charge in [0.15, 0.2) is 0 Å². The molecule has 22 heavy (non-hydrogen) atoms. The lowest BCUT2D eigenvalue weighted by Gasteiger charge is -2.23. The van der Waals surface area contributed by atoms with Gasteiger partial charge in [0.25, 0.3) is 0 Å². The molecule has 3 aromatic carbocycles. The predicted molar refractivity (Wildman–Crippen MR) is 91.4 cm³/mol. The van der Waals surface area contributed by atoms with Crippen LogP contribution in [0.4, 0.5) is 0 Å². The van der Waals surface area contributed by atoms with Crippen LogP contribution < -0.4 is 4.74 Å². The fourth-order valence-corrected chi connectivity index (χ4v) is 3.37. The molecule has 0 amide bonds. The first kappa shape index (κ1) is 13.4. The molecule has 1 aliphatic rings. The zero-order chi connectivity index (χ0) is 15.1. The Bertz CT molecular complexity index is 853. The van der Waals surface area contributed by atoms with E-state index < -0.39 is 0 Å². The lowest BCUT2D eigenvalue weighted by molar-refractivity contribution is 0.302. The van der Waals surface area contributed by atoms with E-state index in [1.807, 2.05) is 18.2 Å². The van der Waals surface area contributed by atoms with Crippen LogP contribution in [-0.4, -0.2) is 0 Å². The molecular weight excluding hydrogens is 292 g/mol. The third-order valence-corrected chi connectivity index (χ3v) is 4.50. The highest BCUT2D eigenvalue weighted by molar-refractivity contribution is 6.36. The molecule has 0 saturated carbocycles. The molecule has 0 atom stereocenters. The van der Waals surface area contributed by atoms with Crippen molar-refractivity contribution in [2.24, 2.45) is 0 Å². The summed E-state index contributed by atoms with van der Waals surface area (Å²) >= 11 is 6.77. The first-order chi connectivity index (χ1) is 10.7. The third kappa shape index (κ3) is 2.10. The lowest BCUT2D eigenvalue weighted by atomic mass is 9.92. The van der Waals surface area contributed by atoms with Crippen molar-refractivity contribution in [3.63, 3.8) is 0 Å². The summed E-state index contributed by atoms with van der Waals surface area (Å²) in [7, 11) is 0. The Balaban J connectivity index is 1.96. The molecule has 0 bridgehead atoms. The molecule has 108 valence electrons. The Kier molecular flexibility index (Phi) is 3.16. The van der Waals surface area contributed by atoms with Crippen LogP contribution in [0.25, 0.3) is 22.3 Å². The van der Waals surface area contributed by atoms with Crippen LogP contribution in [0.1, 0.15) is 11.1 Å². The van der Waals surface area contributed by atoms with E-state index in [-0.39, 0.29) is 0 Å². The summed E-state index contributed by atoms with van der Waals surface area (Å²) in [6, 6.07) is 20.7. The van der Waals surface area contributed by atoms with E-state index in [4.69, 9.17) is 16.3 Å². The Morgan fingerprint density at radius 1 is 0.909 bits per heavy atom.